The van der Waals surface area contributed by atoms with Crippen molar-refractivity contribution in [2.75, 3.05) is 5.32 Å². The summed E-state index contributed by atoms with van der Waals surface area (Å²) in [7, 11) is 0. The number of carbonyl (C=O) groups is 1. The van der Waals surface area contributed by atoms with E-state index >= 15 is 0 Å². The summed E-state index contributed by atoms with van der Waals surface area (Å²) in [4.78, 5) is 30.1. The molecule has 2 N–H and O–H groups in total. The Balaban J connectivity index is 1.92. The van der Waals surface area contributed by atoms with Crippen molar-refractivity contribution in [3.05, 3.63) is 94.7 Å². The molecule has 0 saturated carbocycles. The number of amides is 1. The van der Waals surface area contributed by atoms with Gasteiger partial charge in [0, 0.05) is 11.9 Å². The zero-order chi connectivity index (χ0) is 19.7. The lowest BCUT2D eigenvalue weighted by Crippen LogP contribution is -2.29. The topological polar surface area (TPSA) is 84.2 Å². The fraction of sp³-hybridized carbons (Fsp3) is 0. The summed E-state index contributed by atoms with van der Waals surface area (Å²) in [5.74, 6) is -1.71. The number of aromatic nitrogens is 2. The van der Waals surface area contributed by atoms with Crippen LogP contribution in [-0.4, -0.2) is 20.6 Å². The predicted octanol–water partition coefficient (Wildman–Crippen LogP) is 3.48. The third-order valence-electron chi connectivity index (χ3n) is 4.25. The highest BCUT2D eigenvalue weighted by atomic mass is 19.1. The van der Waals surface area contributed by atoms with Crippen molar-refractivity contribution in [1.29, 1.82) is 0 Å². The second-order valence-electron chi connectivity index (χ2n) is 6.04. The Morgan fingerprint density at radius 1 is 1.00 bits per heavy atom. The number of benzene rings is 2. The normalized spacial score (nSPS) is 10.8. The van der Waals surface area contributed by atoms with Gasteiger partial charge in [-0.25, -0.2) is 9.37 Å². The fourth-order valence-corrected chi connectivity index (χ4v) is 2.95. The molecule has 28 heavy (non-hydrogen) atoms. The number of carbonyl (C=O) groups excluding carboxylic acids is 1. The summed E-state index contributed by atoms with van der Waals surface area (Å²) in [6.45, 7) is 0. The maximum atomic E-state index is 13.1. The standard InChI is InChI=1S/C21H14FN3O3/c22-13-8-10-14(11-9-13)24-20(27)17-18(26)16-7-4-12-23-19(16)25(21(17)28)15-5-2-1-3-6-15/h1-12,26H,(H,24,27). The zero-order valence-corrected chi connectivity index (χ0v) is 14.5. The molecule has 0 spiro atoms. The number of hydrogen-bond donors (Lipinski definition) is 2. The molecule has 7 heteroatoms. The number of fused-ring (bicyclic) bond motifs is 1. The van der Waals surface area contributed by atoms with Crippen LogP contribution >= 0.6 is 0 Å². The van der Waals surface area contributed by atoms with E-state index < -0.39 is 28.6 Å². The van der Waals surface area contributed by atoms with Gasteiger partial charge in [0.05, 0.1) is 11.1 Å². The number of anilines is 1. The first-order valence-corrected chi connectivity index (χ1v) is 8.41. The van der Waals surface area contributed by atoms with E-state index in [9.17, 15) is 19.1 Å². The Morgan fingerprint density at radius 2 is 1.71 bits per heavy atom. The SMILES string of the molecule is O=C(Nc1ccc(F)cc1)c1c(O)c2cccnc2n(-c2ccccc2)c1=O. The second-order valence-corrected chi connectivity index (χ2v) is 6.04. The predicted molar refractivity (Wildman–Crippen MR) is 103 cm³/mol. The number of nitrogens with one attached hydrogen (secondary N) is 1. The van der Waals surface area contributed by atoms with Crippen LogP contribution in [0.2, 0.25) is 0 Å². The highest BCUT2D eigenvalue weighted by Crippen LogP contribution is 2.27. The smallest absolute Gasteiger partial charge is 0.273 e. The molecule has 2 aromatic carbocycles. The number of aromatic hydroxyl groups is 1. The molecule has 0 aliphatic heterocycles. The van der Waals surface area contributed by atoms with Gasteiger partial charge in [0.15, 0.2) is 5.65 Å². The van der Waals surface area contributed by atoms with Crippen molar-refractivity contribution in [2.24, 2.45) is 0 Å². The van der Waals surface area contributed by atoms with Crippen LogP contribution in [0, 0.1) is 5.82 Å². The van der Waals surface area contributed by atoms with Crippen molar-refractivity contribution >= 4 is 22.6 Å². The van der Waals surface area contributed by atoms with E-state index in [4.69, 9.17) is 0 Å². The molecule has 0 saturated heterocycles. The molecular formula is C21H14FN3O3. The summed E-state index contributed by atoms with van der Waals surface area (Å²) in [5, 5.41) is 13.4. The van der Waals surface area contributed by atoms with Gasteiger partial charge in [-0.15, -0.1) is 0 Å². The molecule has 0 bridgehead atoms. The molecule has 0 fully saturated rings. The van der Waals surface area contributed by atoms with E-state index in [1.807, 2.05) is 0 Å². The van der Waals surface area contributed by atoms with Crippen molar-refractivity contribution in [3.63, 3.8) is 0 Å². The summed E-state index contributed by atoms with van der Waals surface area (Å²) < 4.78 is 14.3. The molecule has 0 atom stereocenters. The number of hydrogen-bond acceptors (Lipinski definition) is 4. The molecule has 2 heterocycles. The Bertz CT molecular complexity index is 1240. The third-order valence-corrected chi connectivity index (χ3v) is 4.25. The van der Waals surface area contributed by atoms with Crippen LogP contribution in [0.4, 0.5) is 10.1 Å². The van der Waals surface area contributed by atoms with Gasteiger partial charge >= 0.3 is 0 Å². The Labute approximate surface area is 158 Å². The first-order chi connectivity index (χ1) is 13.6. The fourth-order valence-electron chi connectivity index (χ4n) is 2.95. The van der Waals surface area contributed by atoms with Crippen LogP contribution in [0.3, 0.4) is 0 Å². The summed E-state index contributed by atoms with van der Waals surface area (Å²) in [6, 6.07) is 17.0. The lowest BCUT2D eigenvalue weighted by Gasteiger charge is -2.14. The van der Waals surface area contributed by atoms with Crippen LogP contribution in [0.15, 0.2) is 77.7 Å². The summed E-state index contributed by atoms with van der Waals surface area (Å²) in [6.07, 6.45) is 1.50. The first-order valence-electron chi connectivity index (χ1n) is 8.41. The molecule has 1 amide bonds. The average molecular weight is 375 g/mol. The van der Waals surface area contributed by atoms with Gasteiger partial charge in [-0.05, 0) is 48.5 Å². The van der Waals surface area contributed by atoms with E-state index in [2.05, 4.69) is 10.3 Å². The molecule has 6 nitrogen and oxygen atoms in total. The minimum Gasteiger partial charge on any atom is -0.506 e. The molecule has 138 valence electrons. The molecule has 0 unspecified atom stereocenters. The number of pyridine rings is 2. The Hall–Kier alpha value is -4.00. The zero-order valence-electron chi connectivity index (χ0n) is 14.5. The lowest BCUT2D eigenvalue weighted by molar-refractivity contribution is 0.102. The number of nitrogens with zero attached hydrogens (tertiary/aromatic N) is 2. The van der Waals surface area contributed by atoms with Crippen LogP contribution in [0.5, 0.6) is 5.75 Å². The van der Waals surface area contributed by atoms with Gasteiger partial charge in [0.1, 0.15) is 17.1 Å². The second kappa shape index (κ2) is 6.96. The van der Waals surface area contributed by atoms with Gasteiger partial charge in [-0.3, -0.25) is 14.2 Å². The van der Waals surface area contributed by atoms with E-state index in [-0.39, 0.29) is 11.0 Å². The largest absolute Gasteiger partial charge is 0.506 e. The summed E-state index contributed by atoms with van der Waals surface area (Å²) in [5.41, 5.74) is -0.104. The average Bonchev–Trinajstić information content (AvgIpc) is 2.71. The first kappa shape index (κ1) is 17.4. The monoisotopic (exact) mass is 375 g/mol. The number of halogens is 1. The van der Waals surface area contributed by atoms with E-state index in [0.29, 0.717) is 11.4 Å². The van der Waals surface area contributed by atoms with Crippen molar-refractivity contribution in [2.45, 2.75) is 0 Å². The van der Waals surface area contributed by atoms with E-state index in [1.165, 1.54) is 35.0 Å². The molecule has 0 radical (unpaired) electrons. The quantitative estimate of drug-likeness (QED) is 0.574. The molecule has 4 rings (SSSR count). The molecule has 4 aromatic rings. The molecule has 2 aromatic heterocycles. The van der Waals surface area contributed by atoms with E-state index in [1.54, 1.807) is 42.5 Å². The van der Waals surface area contributed by atoms with Crippen molar-refractivity contribution in [3.8, 4) is 11.4 Å². The van der Waals surface area contributed by atoms with Crippen LogP contribution < -0.4 is 10.9 Å². The highest BCUT2D eigenvalue weighted by molar-refractivity contribution is 6.08. The third kappa shape index (κ3) is 2.99. The van der Waals surface area contributed by atoms with E-state index in [0.717, 1.165) is 0 Å². The number of para-hydroxylation sites is 1. The molecular weight excluding hydrogens is 361 g/mol. The molecule has 0 aliphatic rings. The van der Waals surface area contributed by atoms with Crippen molar-refractivity contribution < 1.29 is 14.3 Å². The minimum absolute atomic E-state index is 0.231. The van der Waals surface area contributed by atoms with Gasteiger partial charge in [-0.1, -0.05) is 18.2 Å². The minimum atomic E-state index is -0.801. The highest BCUT2D eigenvalue weighted by Gasteiger charge is 2.23. The van der Waals surface area contributed by atoms with Crippen LogP contribution in [0.25, 0.3) is 16.7 Å². The number of rotatable bonds is 3. The van der Waals surface area contributed by atoms with Gasteiger partial charge in [0.2, 0.25) is 0 Å². The Morgan fingerprint density at radius 3 is 2.43 bits per heavy atom. The lowest BCUT2D eigenvalue weighted by atomic mass is 10.1. The summed E-state index contributed by atoms with van der Waals surface area (Å²) >= 11 is 0. The van der Waals surface area contributed by atoms with Crippen LogP contribution in [-0.2, 0) is 0 Å². The Kier molecular flexibility index (Phi) is 4.33. The van der Waals surface area contributed by atoms with Crippen LogP contribution in [0.1, 0.15) is 10.4 Å². The van der Waals surface area contributed by atoms with Gasteiger partial charge in [0.25, 0.3) is 11.5 Å². The maximum Gasteiger partial charge on any atom is 0.273 e. The van der Waals surface area contributed by atoms with Gasteiger partial charge in [-0.2, -0.15) is 0 Å². The van der Waals surface area contributed by atoms with Gasteiger partial charge < -0.3 is 10.4 Å². The maximum absolute atomic E-state index is 13.1. The van der Waals surface area contributed by atoms with Crippen molar-refractivity contribution in [1.82, 2.24) is 9.55 Å². The molecule has 0 aliphatic carbocycles.